The molecule has 0 aromatic heterocycles. The number of halogens is 1. The Labute approximate surface area is 133 Å². The molecule has 1 amide bonds. The number of methoxy groups -OCH3 is 1. The Kier molecular flexibility index (Phi) is 5.13. The molecule has 7 heteroatoms. The molecule has 1 aromatic carbocycles. The molecule has 1 aromatic rings. The molecule has 0 aliphatic carbocycles. The lowest BCUT2D eigenvalue weighted by Crippen LogP contribution is -2.25. The summed E-state index contributed by atoms with van der Waals surface area (Å²) in [7, 11) is 1.51. The average Bonchev–Trinajstić information content (AvgIpc) is 2.83. The van der Waals surface area contributed by atoms with Crippen molar-refractivity contribution in [3.05, 3.63) is 22.7 Å². The van der Waals surface area contributed by atoms with E-state index in [1.54, 1.807) is 12.1 Å². The van der Waals surface area contributed by atoms with Gasteiger partial charge in [0.1, 0.15) is 0 Å². The monoisotopic (exact) mass is 327 g/mol. The SMILES string of the molecule is CCOc1c(Cl)cc(CN2CC(C(=O)O)CC2=O)cc1OC. The highest BCUT2D eigenvalue weighted by molar-refractivity contribution is 6.32. The molecule has 1 heterocycles. The van der Waals surface area contributed by atoms with E-state index in [-0.39, 0.29) is 18.9 Å². The molecule has 1 aliphatic heterocycles. The van der Waals surface area contributed by atoms with E-state index < -0.39 is 11.9 Å². The van der Waals surface area contributed by atoms with Crippen LogP contribution in [0, 0.1) is 5.92 Å². The third kappa shape index (κ3) is 3.44. The first-order valence-electron chi connectivity index (χ1n) is 6.96. The number of amides is 1. The van der Waals surface area contributed by atoms with Crippen LogP contribution in [0.5, 0.6) is 11.5 Å². The first-order valence-corrected chi connectivity index (χ1v) is 7.33. The number of likely N-dealkylation sites (tertiary alicyclic amines) is 1. The molecular weight excluding hydrogens is 310 g/mol. The van der Waals surface area contributed by atoms with E-state index in [2.05, 4.69) is 0 Å². The van der Waals surface area contributed by atoms with E-state index in [1.165, 1.54) is 12.0 Å². The lowest BCUT2D eigenvalue weighted by molar-refractivity contribution is -0.141. The first kappa shape index (κ1) is 16.4. The topological polar surface area (TPSA) is 76.1 Å². The highest BCUT2D eigenvalue weighted by atomic mass is 35.5. The molecule has 6 nitrogen and oxygen atoms in total. The largest absolute Gasteiger partial charge is 0.493 e. The van der Waals surface area contributed by atoms with Crippen LogP contribution in [0.3, 0.4) is 0 Å². The van der Waals surface area contributed by atoms with Crippen molar-refractivity contribution in [2.24, 2.45) is 5.92 Å². The van der Waals surface area contributed by atoms with Crippen molar-refractivity contribution in [2.75, 3.05) is 20.3 Å². The van der Waals surface area contributed by atoms with Gasteiger partial charge in [0, 0.05) is 19.5 Å². The summed E-state index contributed by atoms with van der Waals surface area (Å²) in [6.07, 6.45) is 0.0389. The van der Waals surface area contributed by atoms with Crippen molar-refractivity contribution in [3.8, 4) is 11.5 Å². The number of ether oxygens (including phenoxy) is 2. The zero-order valence-corrected chi connectivity index (χ0v) is 13.2. The van der Waals surface area contributed by atoms with Crippen molar-refractivity contribution < 1.29 is 24.2 Å². The molecule has 1 atom stereocenters. The number of carboxylic acid groups (broad SMARTS) is 1. The van der Waals surface area contributed by atoms with Crippen LogP contribution >= 0.6 is 11.6 Å². The van der Waals surface area contributed by atoms with Crippen molar-refractivity contribution >= 4 is 23.5 Å². The normalized spacial score (nSPS) is 17.7. The number of carbonyl (C=O) groups is 2. The van der Waals surface area contributed by atoms with Gasteiger partial charge in [0.25, 0.3) is 0 Å². The van der Waals surface area contributed by atoms with Crippen LogP contribution in [0.25, 0.3) is 0 Å². The van der Waals surface area contributed by atoms with Gasteiger partial charge in [-0.15, -0.1) is 0 Å². The van der Waals surface area contributed by atoms with Crippen LogP contribution in [-0.2, 0) is 16.1 Å². The standard InChI is InChI=1S/C15H18ClNO5/c1-3-22-14-11(16)4-9(5-12(14)21-2)7-17-8-10(15(19)20)6-13(17)18/h4-5,10H,3,6-8H2,1-2H3,(H,19,20). The summed E-state index contributed by atoms with van der Waals surface area (Å²) in [5, 5.41) is 9.40. The molecule has 0 spiro atoms. The Bertz CT molecular complexity index is 590. The molecule has 0 saturated carbocycles. The second-order valence-corrected chi connectivity index (χ2v) is 5.46. The number of benzene rings is 1. The zero-order chi connectivity index (χ0) is 16.3. The van der Waals surface area contributed by atoms with E-state index in [4.69, 9.17) is 26.2 Å². The number of carboxylic acids is 1. The molecular formula is C15H18ClNO5. The Morgan fingerprint density at radius 2 is 2.23 bits per heavy atom. The van der Waals surface area contributed by atoms with E-state index in [0.717, 1.165) is 5.56 Å². The summed E-state index contributed by atoms with van der Waals surface area (Å²) in [4.78, 5) is 24.4. The van der Waals surface area contributed by atoms with Gasteiger partial charge in [0.2, 0.25) is 5.91 Å². The average molecular weight is 328 g/mol. The lowest BCUT2D eigenvalue weighted by Gasteiger charge is -2.18. The maximum Gasteiger partial charge on any atom is 0.308 e. The number of nitrogens with zero attached hydrogens (tertiary/aromatic N) is 1. The lowest BCUT2D eigenvalue weighted by atomic mass is 10.1. The summed E-state index contributed by atoms with van der Waals surface area (Å²) in [6.45, 7) is 2.81. The molecule has 1 N–H and O–H groups in total. The fourth-order valence-electron chi connectivity index (χ4n) is 2.46. The Morgan fingerprint density at radius 1 is 1.50 bits per heavy atom. The van der Waals surface area contributed by atoms with E-state index in [9.17, 15) is 9.59 Å². The minimum Gasteiger partial charge on any atom is -0.493 e. The fourth-order valence-corrected chi connectivity index (χ4v) is 2.75. The van der Waals surface area contributed by atoms with Gasteiger partial charge in [-0.05, 0) is 24.6 Å². The summed E-state index contributed by atoms with van der Waals surface area (Å²) in [5.74, 6) is -0.806. The number of hydrogen-bond donors (Lipinski definition) is 1. The first-order chi connectivity index (χ1) is 10.5. The van der Waals surface area contributed by atoms with Crippen LogP contribution in [0.4, 0.5) is 0 Å². The molecule has 1 unspecified atom stereocenters. The molecule has 0 bridgehead atoms. The smallest absolute Gasteiger partial charge is 0.308 e. The number of carbonyl (C=O) groups excluding carboxylic acids is 1. The van der Waals surface area contributed by atoms with Gasteiger partial charge in [0.05, 0.1) is 24.7 Å². The summed E-state index contributed by atoms with van der Waals surface area (Å²) in [6, 6.07) is 3.45. The predicted octanol–water partition coefficient (Wildman–Crippen LogP) is 2.18. The van der Waals surface area contributed by atoms with Crippen LogP contribution in [0.15, 0.2) is 12.1 Å². The second kappa shape index (κ2) is 6.87. The molecule has 120 valence electrons. The molecule has 0 radical (unpaired) electrons. The van der Waals surface area contributed by atoms with Crippen LogP contribution in [0.2, 0.25) is 5.02 Å². The molecule has 1 aliphatic rings. The minimum absolute atomic E-state index is 0.0389. The minimum atomic E-state index is -0.946. The molecule has 2 rings (SSSR count). The Hall–Kier alpha value is -1.95. The van der Waals surface area contributed by atoms with Gasteiger partial charge < -0.3 is 19.5 Å². The summed E-state index contributed by atoms with van der Waals surface area (Å²) < 4.78 is 10.7. The van der Waals surface area contributed by atoms with Crippen molar-refractivity contribution in [2.45, 2.75) is 19.9 Å². The van der Waals surface area contributed by atoms with Crippen molar-refractivity contribution in [3.63, 3.8) is 0 Å². The molecule has 1 saturated heterocycles. The van der Waals surface area contributed by atoms with Crippen LogP contribution < -0.4 is 9.47 Å². The van der Waals surface area contributed by atoms with Gasteiger partial charge >= 0.3 is 5.97 Å². The van der Waals surface area contributed by atoms with E-state index in [1.807, 2.05) is 6.92 Å². The maximum atomic E-state index is 11.9. The highest BCUT2D eigenvalue weighted by Gasteiger charge is 2.34. The van der Waals surface area contributed by atoms with Crippen LogP contribution in [-0.4, -0.2) is 42.1 Å². The van der Waals surface area contributed by atoms with Crippen LogP contribution in [0.1, 0.15) is 18.9 Å². The highest BCUT2D eigenvalue weighted by Crippen LogP contribution is 2.37. The third-order valence-electron chi connectivity index (χ3n) is 3.52. The second-order valence-electron chi connectivity index (χ2n) is 5.06. The summed E-state index contributed by atoms with van der Waals surface area (Å²) in [5.41, 5.74) is 0.768. The van der Waals surface area contributed by atoms with E-state index in [0.29, 0.717) is 29.7 Å². The predicted molar refractivity (Wildman–Crippen MR) is 80.3 cm³/mol. The maximum absolute atomic E-state index is 11.9. The Balaban J connectivity index is 2.18. The quantitative estimate of drug-likeness (QED) is 0.866. The zero-order valence-electron chi connectivity index (χ0n) is 12.5. The van der Waals surface area contributed by atoms with E-state index >= 15 is 0 Å². The number of rotatable bonds is 6. The van der Waals surface area contributed by atoms with Crippen molar-refractivity contribution in [1.29, 1.82) is 0 Å². The van der Waals surface area contributed by atoms with Gasteiger partial charge in [-0.25, -0.2) is 0 Å². The van der Waals surface area contributed by atoms with Gasteiger partial charge in [-0.1, -0.05) is 11.6 Å². The Morgan fingerprint density at radius 3 is 2.77 bits per heavy atom. The van der Waals surface area contributed by atoms with Crippen molar-refractivity contribution in [1.82, 2.24) is 4.90 Å². The number of aliphatic carboxylic acids is 1. The van der Waals surface area contributed by atoms with Gasteiger partial charge in [0.15, 0.2) is 11.5 Å². The van der Waals surface area contributed by atoms with Gasteiger partial charge in [-0.3, -0.25) is 9.59 Å². The third-order valence-corrected chi connectivity index (χ3v) is 3.80. The molecule has 1 fully saturated rings. The number of hydrogen-bond acceptors (Lipinski definition) is 4. The van der Waals surface area contributed by atoms with Gasteiger partial charge in [-0.2, -0.15) is 0 Å². The molecule has 22 heavy (non-hydrogen) atoms. The summed E-state index contributed by atoms with van der Waals surface area (Å²) >= 11 is 6.19. The fraction of sp³-hybridized carbons (Fsp3) is 0.467.